The molecule has 0 aliphatic rings. The van der Waals surface area contributed by atoms with Crippen molar-refractivity contribution >= 4 is 54.4 Å². The number of halogens is 5. The summed E-state index contributed by atoms with van der Waals surface area (Å²) in [4.78, 5) is 24.5. The Labute approximate surface area is 161 Å². The van der Waals surface area contributed by atoms with Crippen molar-refractivity contribution in [1.29, 1.82) is 0 Å². The second kappa shape index (κ2) is 6.88. The lowest BCUT2D eigenvalue weighted by Gasteiger charge is -2.13. The molecule has 1 N–H and O–H groups in total. The number of nitrogens with one attached hydrogen (secondary N) is 1. The number of rotatable bonds is 2. The molecule has 1 heterocycles. The first-order valence-electron chi connectivity index (χ1n) is 7.07. The zero-order valence-corrected chi connectivity index (χ0v) is 15.8. The number of carbonyl (C=O) groups is 1. The number of hydrogen-bond acceptors (Lipinski definition) is 3. The molecule has 0 unspecified atom stereocenters. The minimum atomic E-state index is -4.65. The highest BCUT2D eigenvalue weighted by Crippen LogP contribution is 2.35. The molecule has 26 heavy (non-hydrogen) atoms. The van der Waals surface area contributed by atoms with Gasteiger partial charge >= 0.3 is 11.8 Å². The van der Waals surface area contributed by atoms with Crippen LogP contribution in [0, 0.1) is 0 Å². The van der Waals surface area contributed by atoms with Crippen molar-refractivity contribution in [2.75, 3.05) is 5.32 Å². The van der Waals surface area contributed by atoms with Gasteiger partial charge in [-0.1, -0.05) is 28.1 Å². The Balaban J connectivity index is 2.04. The minimum absolute atomic E-state index is 0.227. The van der Waals surface area contributed by atoms with Crippen LogP contribution in [0.15, 0.2) is 60.6 Å². The first kappa shape index (κ1) is 18.7. The molecule has 0 atom stereocenters. The van der Waals surface area contributed by atoms with Gasteiger partial charge in [0.25, 0.3) is 5.91 Å². The van der Waals surface area contributed by atoms with E-state index >= 15 is 0 Å². The fourth-order valence-corrected chi connectivity index (χ4v) is 3.68. The SMILES string of the molecule is O=C(Nc1ccccc1C(F)(F)F)c1cc2cc(Br)cc(Br)c2oc1=O. The summed E-state index contributed by atoms with van der Waals surface area (Å²) in [6.45, 7) is 0. The quantitative estimate of drug-likeness (QED) is 0.476. The topological polar surface area (TPSA) is 59.3 Å². The van der Waals surface area contributed by atoms with E-state index in [1.54, 1.807) is 12.1 Å². The van der Waals surface area contributed by atoms with E-state index in [2.05, 4.69) is 37.2 Å². The average Bonchev–Trinajstić information content (AvgIpc) is 2.54. The molecule has 0 aliphatic heterocycles. The van der Waals surface area contributed by atoms with E-state index in [-0.39, 0.29) is 5.58 Å². The Hall–Kier alpha value is -2.13. The molecule has 0 aliphatic carbocycles. The van der Waals surface area contributed by atoms with Crippen LogP contribution in [0.4, 0.5) is 18.9 Å². The van der Waals surface area contributed by atoms with E-state index in [0.29, 0.717) is 14.3 Å². The molecule has 0 radical (unpaired) electrons. The summed E-state index contributed by atoms with van der Waals surface area (Å²) in [7, 11) is 0. The largest absolute Gasteiger partial charge is 0.421 e. The molecule has 1 amide bonds. The average molecular weight is 491 g/mol. The Morgan fingerprint density at radius 1 is 1.08 bits per heavy atom. The molecule has 3 aromatic rings. The van der Waals surface area contributed by atoms with Crippen molar-refractivity contribution in [1.82, 2.24) is 0 Å². The van der Waals surface area contributed by atoms with Crippen molar-refractivity contribution in [3.63, 3.8) is 0 Å². The van der Waals surface area contributed by atoms with Crippen molar-refractivity contribution < 1.29 is 22.4 Å². The van der Waals surface area contributed by atoms with E-state index in [9.17, 15) is 22.8 Å². The molecule has 9 heteroatoms. The van der Waals surface area contributed by atoms with Crippen LogP contribution >= 0.6 is 31.9 Å². The number of amides is 1. The maximum absolute atomic E-state index is 13.0. The number of fused-ring (bicyclic) bond motifs is 1. The highest BCUT2D eigenvalue weighted by molar-refractivity contribution is 9.11. The van der Waals surface area contributed by atoms with Gasteiger partial charge in [-0.3, -0.25) is 4.79 Å². The van der Waals surface area contributed by atoms with Crippen LogP contribution in [0.5, 0.6) is 0 Å². The zero-order chi connectivity index (χ0) is 19.1. The van der Waals surface area contributed by atoms with Gasteiger partial charge in [-0.25, -0.2) is 4.79 Å². The van der Waals surface area contributed by atoms with Crippen LogP contribution in [0.25, 0.3) is 11.0 Å². The van der Waals surface area contributed by atoms with E-state index in [0.717, 1.165) is 12.1 Å². The summed E-state index contributed by atoms with van der Waals surface area (Å²) >= 11 is 6.51. The molecule has 1 aromatic heterocycles. The summed E-state index contributed by atoms with van der Waals surface area (Å²) in [5, 5.41) is 2.56. The summed E-state index contributed by atoms with van der Waals surface area (Å²) < 4.78 is 45.4. The highest BCUT2D eigenvalue weighted by atomic mass is 79.9. The first-order chi connectivity index (χ1) is 12.2. The van der Waals surface area contributed by atoms with Crippen LogP contribution in [0.2, 0.25) is 0 Å². The lowest BCUT2D eigenvalue weighted by atomic mass is 10.1. The molecule has 2 aromatic carbocycles. The third kappa shape index (κ3) is 3.68. The van der Waals surface area contributed by atoms with Gasteiger partial charge in [0.1, 0.15) is 5.56 Å². The second-order valence-electron chi connectivity index (χ2n) is 5.25. The standard InChI is InChI=1S/C17H8Br2F3NO3/c18-9-5-8-6-10(16(25)26-14(8)12(19)7-9)15(24)23-13-4-2-1-3-11(13)17(20,21)22/h1-7H,(H,23,24). The lowest BCUT2D eigenvalue weighted by molar-refractivity contribution is -0.136. The van der Waals surface area contributed by atoms with Gasteiger partial charge in [0, 0.05) is 9.86 Å². The van der Waals surface area contributed by atoms with Crippen LogP contribution < -0.4 is 10.9 Å². The molecular weight excluding hydrogens is 483 g/mol. The van der Waals surface area contributed by atoms with Crippen molar-refractivity contribution in [3.8, 4) is 0 Å². The number of benzene rings is 2. The molecule has 4 nitrogen and oxygen atoms in total. The molecule has 3 rings (SSSR count). The maximum atomic E-state index is 13.0. The number of carbonyl (C=O) groups excluding carboxylic acids is 1. The van der Waals surface area contributed by atoms with Crippen molar-refractivity contribution in [2.24, 2.45) is 0 Å². The molecule has 134 valence electrons. The third-order valence-electron chi connectivity index (χ3n) is 3.48. The van der Waals surface area contributed by atoms with Crippen molar-refractivity contribution in [3.05, 3.63) is 73.0 Å². The Kier molecular flexibility index (Phi) is 4.94. The van der Waals surface area contributed by atoms with Gasteiger partial charge < -0.3 is 9.73 Å². The van der Waals surface area contributed by atoms with Gasteiger partial charge in [-0.2, -0.15) is 13.2 Å². The van der Waals surface area contributed by atoms with Gasteiger partial charge in [-0.15, -0.1) is 0 Å². The van der Waals surface area contributed by atoms with Crippen LogP contribution in [-0.4, -0.2) is 5.91 Å². The summed E-state index contributed by atoms with van der Waals surface area (Å²) in [5.74, 6) is -0.992. The first-order valence-corrected chi connectivity index (χ1v) is 8.66. The molecule has 0 fully saturated rings. The fourth-order valence-electron chi connectivity index (χ4n) is 2.34. The van der Waals surface area contributed by atoms with Crippen molar-refractivity contribution in [2.45, 2.75) is 6.18 Å². The van der Waals surface area contributed by atoms with Crippen LogP contribution in [0.1, 0.15) is 15.9 Å². The fraction of sp³-hybridized carbons (Fsp3) is 0.0588. The monoisotopic (exact) mass is 489 g/mol. The van der Waals surface area contributed by atoms with E-state index in [1.165, 1.54) is 18.2 Å². The number of hydrogen-bond donors (Lipinski definition) is 1. The molecular formula is C17H8Br2F3NO3. The van der Waals surface area contributed by atoms with Gasteiger partial charge in [0.05, 0.1) is 15.7 Å². The van der Waals surface area contributed by atoms with E-state index < -0.39 is 34.5 Å². The lowest BCUT2D eigenvalue weighted by Crippen LogP contribution is -2.22. The van der Waals surface area contributed by atoms with Gasteiger partial charge in [0.15, 0.2) is 5.58 Å². The predicted molar refractivity (Wildman–Crippen MR) is 97.3 cm³/mol. The Bertz CT molecular complexity index is 1080. The smallest absolute Gasteiger partial charge is 0.418 e. The molecule has 0 bridgehead atoms. The van der Waals surface area contributed by atoms with Crippen LogP contribution in [-0.2, 0) is 6.18 Å². The second-order valence-corrected chi connectivity index (χ2v) is 7.02. The maximum Gasteiger partial charge on any atom is 0.418 e. The molecule has 0 saturated carbocycles. The highest BCUT2D eigenvalue weighted by Gasteiger charge is 2.33. The summed E-state index contributed by atoms with van der Waals surface area (Å²) in [6.07, 6.45) is -4.65. The number of para-hydroxylation sites is 1. The van der Waals surface area contributed by atoms with Crippen LogP contribution in [0.3, 0.4) is 0 Å². The van der Waals surface area contributed by atoms with Gasteiger partial charge in [-0.05, 0) is 46.3 Å². The van der Waals surface area contributed by atoms with E-state index in [1.807, 2.05) is 0 Å². The summed E-state index contributed by atoms with van der Waals surface area (Å²) in [5.41, 5.74) is -2.59. The normalized spacial score (nSPS) is 11.6. The van der Waals surface area contributed by atoms with E-state index in [4.69, 9.17) is 4.42 Å². The summed E-state index contributed by atoms with van der Waals surface area (Å²) in [6, 6.07) is 9.04. The van der Waals surface area contributed by atoms with Gasteiger partial charge in [0.2, 0.25) is 0 Å². The molecule has 0 saturated heterocycles. The zero-order valence-electron chi connectivity index (χ0n) is 12.7. The number of anilines is 1. The number of alkyl halides is 3. The predicted octanol–water partition coefficient (Wildman–Crippen LogP) is 5.59. The molecule has 0 spiro atoms. The Morgan fingerprint density at radius 3 is 2.46 bits per heavy atom. The minimum Gasteiger partial charge on any atom is -0.421 e. The third-order valence-corrected chi connectivity index (χ3v) is 4.52. The Morgan fingerprint density at radius 2 is 1.77 bits per heavy atom.